The van der Waals surface area contributed by atoms with E-state index < -0.39 is 11.6 Å². The van der Waals surface area contributed by atoms with Gasteiger partial charge in [0.05, 0.1) is 5.56 Å². The average Bonchev–Trinajstić information content (AvgIpc) is 2.14. The van der Waals surface area contributed by atoms with Gasteiger partial charge in [-0.05, 0) is 25.5 Å². The second-order valence-electron chi connectivity index (χ2n) is 3.56. The van der Waals surface area contributed by atoms with E-state index >= 15 is 0 Å². The summed E-state index contributed by atoms with van der Waals surface area (Å²) in [7, 11) is 0. The van der Waals surface area contributed by atoms with Crippen molar-refractivity contribution in [3.05, 3.63) is 35.4 Å². The van der Waals surface area contributed by atoms with Crippen molar-refractivity contribution in [3.8, 4) is 0 Å². The van der Waals surface area contributed by atoms with Crippen LogP contribution in [0.5, 0.6) is 0 Å². The third-order valence-corrected chi connectivity index (χ3v) is 2.06. The van der Waals surface area contributed by atoms with Gasteiger partial charge < -0.3 is 5.73 Å². The van der Waals surface area contributed by atoms with E-state index in [0.717, 1.165) is 12.1 Å². The lowest BCUT2D eigenvalue weighted by Crippen LogP contribution is -2.16. The number of nitrogens with two attached hydrogens (primary N) is 1. The molecule has 1 unspecified atom stereocenters. The summed E-state index contributed by atoms with van der Waals surface area (Å²) >= 11 is 0. The molecular formula is C11H13F2NO. The van der Waals surface area contributed by atoms with Gasteiger partial charge in [0, 0.05) is 18.5 Å². The Morgan fingerprint density at radius 2 is 2.13 bits per heavy atom. The van der Waals surface area contributed by atoms with Crippen LogP contribution in [-0.4, -0.2) is 11.8 Å². The minimum Gasteiger partial charge on any atom is -0.328 e. The maximum atomic E-state index is 13.1. The Hall–Kier alpha value is -1.29. The molecule has 1 aromatic rings. The topological polar surface area (TPSA) is 43.1 Å². The Balaban J connectivity index is 2.74. The second-order valence-corrected chi connectivity index (χ2v) is 3.56. The van der Waals surface area contributed by atoms with Gasteiger partial charge in [0.15, 0.2) is 5.78 Å². The predicted octanol–water partition coefficient (Wildman–Crippen LogP) is 2.27. The molecule has 0 aliphatic rings. The van der Waals surface area contributed by atoms with E-state index in [0.29, 0.717) is 12.5 Å². The molecule has 0 aliphatic carbocycles. The summed E-state index contributed by atoms with van der Waals surface area (Å²) in [6, 6.07) is 2.84. The van der Waals surface area contributed by atoms with Gasteiger partial charge in [-0.25, -0.2) is 8.78 Å². The van der Waals surface area contributed by atoms with Gasteiger partial charge in [0.25, 0.3) is 0 Å². The summed E-state index contributed by atoms with van der Waals surface area (Å²) in [4.78, 5) is 11.5. The Morgan fingerprint density at radius 1 is 1.47 bits per heavy atom. The first-order valence-electron chi connectivity index (χ1n) is 4.74. The molecule has 0 fully saturated rings. The molecule has 0 aliphatic heterocycles. The van der Waals surface area contributed by atoms with Crippen LogP contribution in [0.25, 0.3) is 0 Å². The normalized spacial score (nSPS) is 12.5. The predicted molar refractivity (Wildman–Crippen MR) is 53.6 cm³/mol. The van der Waals surface area contributed by atoms with E-state index in [1.807, 2.05) is 0 Å². The third-order valence-electron chi connectivity index (χ3n) is 2.06. The zero-order valence-corrected chi connectivity index (χ0v) is 8.47. The van der Waals surface area contributed by atoms with E-state index in [-0.39, 0.29) is 23.8 Å². The molecule has 1 atom stereocenters. The highest BCUT2D eigenvalue weighted by Crippen LogP contribution is 2.13. The Kier molecular flexibility index (Phi) is 3.91. The van der Waals surface area contributed by atoms with Gasteiger partial charge >= 0.3 is 0 Å². The first-order chi connectivity index (χ1) is 7.00. The summed E-state index contributed by atoms with van der Waals surface area (Å²) in [5.41, 5.74) is 5.40. The molecule has 0 saturated heterocycles. The highest BCUT2D eigenvalue weighted by Gasteiger charge is 2.12. The van der Waals surface area contributed by atoms with Gasteiger partial charge in [-0.15, -0.1) is 0 Å². The molecule has 0 aromatic heterocycles. The van der Waals surface area contributed by atoms with E-state index in [1.165, 1.54) is 0 Å². The summed E-state index contributed by atoms with van der Waals surface area (Å²) in [5.74, 6) is -1.84. The fraction of sp³-hybridized carbons (Fsp3) is 0.364. The van der Waals surface area contributed by atoms with Crippen molar-refractivity contribution in [3.63, 3.8) is 0 Å². The number of ketones is 1. The number of carbonyl (C=O) groups excluding carboxylic acids is 1. The summed E-state index contributed by atoms with van der Waals surface area (Å²) in [6.07, 6.45) is 0.676. The minimum absolute atomic E-state index is 0.0722. The molecule has 4 heteroatoms. The standard InChI is InChI=1S/C11H13F2NO/c1-7(14)2-5-11(15)9-4-3-8(12)6-10(9)13/h3-4,6-7H,2,5,14H2,1H3. The van der Waals surface area contributed by atoms with Crippen LogP contribution >= 0.6 is 0 Å². The van der Waals surface area contributed by atoms with Crippen LogP contribution in [0.3, 0.4) is 0 Å². The fourth-order valence-electron chi connectivity index (χ4n) is 1.21. The zero-order chi connectivity index (χ0) is 11.4. The van der Waals surface area contributed by atoms with Crippen LogP contribution in [-0.2, 0) is 0 Å². The first-order valence-corrected chi connectivity index (χ1v) is 4.74. The van der Waals surface area contributed by atoms with Crippen LogP contribution in [0.2, 0.25) is 0 Å². The van der Waals surface area contributed by atoms with Crippen molar-refractivity contribution >= 4 is 5.78 Å². The molecule has 0 heterocycles. The van der Waals surface area contributed by atoms with Crippen molar-refractivity contribution < 1.29 is 13.6 Å². The highest BCUT2D eigenvalue weighted by molar-refractivity contribution is 5.96. The number of benzene rings is 1. The average molecular weight is 213 g/mol. The second kappa shape index (κ2) is 4.98. The number of Topliss-reactive ketones (excluding diaryl/α,β-unsaturated/α-hetero) is 1. The summed E-state index contributed by atoms with van der Waals surface area (Å²) < 4.78 is 25.7. The fourth-order valence-corrected chi connectivity index (χ4v) is 1.21. The van der Waals surface area contributed by atoms with Crippen LogP contribution in [0.1, 0.15) is 30.1 Å². The molecule has 2 nitrogen and oxygen atoms in total. The molecule has 82 valence electrons. The van der Waals surface area contributed by atoms with Crippen molar-refractivity contribution in [1.82, 2.24) is 0 Å². The Morgan fingerprint density at radius 3 is 2.67 bits per heavy atom. The Bertz CT molecular complexity index is 364. The van der Waals surface area contributed by atoms with Crippen molar-refractivity contribution in [2.24, 2.45) is 5.73 Å². The van der Waals surface area contributed by atoms with Crippen molar-refractivity contribution in [1.29, 1.82) is 0 Å². The maximum absolute atomic E-state index is 13.1. The van der Waals surface area contributed by atoms with Gasteiger partial charge in [-0.3, -0.25) is 4.79 Å². The molecular weight excluding hydrogens is 200 g/mol. The zero-order valence-electron chi connectivity index (χ0n) is 8.47. The first kappa shape index (κ1) is 11.8. The molecule has 15 heavy (non-hydrogen) atoms. The highest BCUT2D eigenvalue weighted by atomic mass is 19.1. The van der Waals surface area contributed by atoms with E-state index in [1.54, 1.807) is 6.92 Å². The molecule has 0 spiro atoms. The number of hydrogen-bond donors (Lipinski definition) is 1. The molecule has 0 bridgehead atoms. The van der Waals surface area contributed by atoms with Gasteiger partial charge in [0.2, 0.25) is 0 Å². The van der Waals surface area contributed by atoms with E-state index in [9.17, 15) is 13.6 Å². The molecule has 2 N–H and O–H groups in total. The van der Waals surface area contributed by atoms with Gasteiger partial charge in [-0.2, -0.15) is 0 Å². The number of halogens is 2. The summed E-state index contributed by atoms with van der Waals surface area (Å²) in [6.45, 7) is 1.77. The number of carbonyl (C=O) groups is 1. The largest absolute Gasteiger partial charge is 0.328 e. The number of hydrogen-bond acceptors (Lipinski definition) is 2. The Labute approximate surface area is 87.1 Å². The molecule has 0 radical (unpaired) electrons. The quantitative estimate of drug-likeness (QED) is 0.779. The molecule has 0 amide bonds. The third kappa shape index (κ3) is 3.40. The van der Waals surface area contributed by atoms with Gasteiger partial charge in [-0.1, -0.05) is 0 Å². The van der Waals surface area contributed by atoms with Crippen LogP contribution in [0.15, 0.2) is 18.2 Å². The maximum Gasteiger partial charge on any atom is 0.165 e. The summed E-state index contributed by atoms with van der Waals surface area (Å²) in [5, 5.41) is 0. The molecule has 1 aromatic carbocycles. The number of rotatable bonds is 4. The lowest BCUT2D eigenvalue weighted by atomic mass is 10.0. The molecule has 1 rings (SSSR count). The van der Waals surface area contributed by atoms with Crippen LogP contribution < -0.4 is 5.73 Å². The van der Waals surface area contributed by atoms with Crippen LogP contribution in [0.4, 0.5) is 8.78 Å². The van der Waals surface area contributed by atoms with Crippen LogP contribution in [0, 0.1) is 11.6 Å². The lowest BCUT2D eigenvalue weighted by molar-refractivity contribution is 0.0974. The molecule has 0 saturated carbocycles. The monoisotopic (exact) mass is 213 g/mol. The van der Waals surface area contributed by atoms with Crippen molar-refractivity contribution in [2.45, 2.75) is 25.8 Å². The minimum atomic E-state index is -0.815. The van der Waals surface area contributed by atoms with Gasteiger partial charge in [0.1, 0.15) is 11.6 Å². The SMILES string of the molecule is CC(N)CCC(=O)c1ccc(F)cc1F. The van der Waals surface area contributed by atoms with E-state index in [2.05, 4.69) is 0 Å². The smallest absolute Gasteiger partial charge is 0.165 e. The lowest BCUT2D eigenvalue weighted by Gasteiger charge is -2.05. The van der Waals surface area contributed by atoms with E-state index in [4.69, 9.17) is 5.73 Å². The van der Waals surface area contributed by atoms with Crippen molar-refractivity contribution in [2.75, 3.05) is 0 Å².